The van der Waals surface area contributed by atoms with Gasteiger partial charge in [-0.1, -0.05) is 0 Å². The van der Waals surface area contributed by atoms with Gasteiger partial charge in [0.15, 0.2) is 0 Å². The molecule has 0 aliphatic carbocycles. The van der Waals surface area contributed by atoms with Gasteiger partial charge in [0.2, 0.25) is 0 Å². The Labute approximate surface area is 102 Å². The molecule has 1 aromatic heterocycles. The van der Waals surface area contributed by atoms with Crippen molar-refractivity contribution >= 4 is 21.8 Å². The lowest BCUT2D eigenvalue weighted by Crippen LogP contribution is -2.43. The number of rotatable bonds is 4. The molecule has 0 spiro atoms. The van der Waals surface area contributed by atoms with E-state index < -0.39 is 12.2 Å². The van der Waals surface area contributed by atoms with Gasteiger partial charge in [0.25, 0.3) is 5.91 Å². The van der Waals surface area contributed by atoms with Crippen LogP contribution in [-0.2, 0) is 0 Å². The van der Waals surface area contributed by atoms with Gasteiger partial charge in [-0.3, -0.25) is 4.79 Å². The SMILES string of the molecule is CC(O)(CO)CNC(=O)c1ccc(Br)cn1. The molecule has 0 saturated carbocycles. The third-order valence-corrected chi connectivity index (χ3v) is 2.40. The van der Waals surface area contributed by atoms with Crippen LogP contribution in [0, 0.1) is 0 Å². The zero-order valence-electron chi connectivity index (χ0n) is 8.77. The second-order valence-corrected chi connectivity index (χ2v) is 4.62. The van der Waals surface area contributed by atoms with Crippen molar-refractivity contribution in [1.29, 1.82) is 0 Å². The summed E-state index contributed by atoms with van der Waals surface area (Å²) in [5, 5.41) is 20.7. The number of hydrogen-bond acceptors (Lipinski definition) is 4. The second kappa shape index (κ2) is 5.38. The molecule has 88 valence electrons. The summed E-state index contributed by atoms with van der Waals surface area (Å²) in [6.45, 7) is 0.989. The minimum absolute atomic E-state index is 0.0277. The lowest BCUT2D eigenvalue weighted by atomic mass is 10.1. The monoisotopic (exact) mass is 288 g/mol. The van der Waals surface area contributed by atoms with Crippen molar-refractivity contribution < 1.29 is 15.0 Å². The van der Waals surface area contributed by atoms with Gasteiger partial charge in [-0.15, -0.1) is 0 Å². The number of carbonyl (C=O) groups excluding carboxylic acids is 1. The number of hydrogen-bond donors (Lipinski definition) is 3. The van der Waals surface area contributed by atoms with Crippen LogP contribution in [-0.4, -0.2) is 39.9 Å². The minimum Gasteiger partial charge on any atom is -0.393 e. The Kier molecular flexibility index (Phi) is 4.40. The average molecular weight is 289 g/mol. The Morgan fingerprint density at radius 3 is 2.81 bits per heavy atom. The molecule has 1 amide bonds. The molecular formula is C10H13BrN2O3. The lowest BCUT2D eigenvalue weighted by molar-refractivity contribution is 0.00316. The normalized spacial score (nSPS) is 14.2. The molecule has 0 aromatic carbocycles. The Balaban J connectivity index is 2.56. The fourth-order valence-corrected chi connectivity index (χ4v) is 1.16. The largest absolute Gasteiger partial charge is 0.393 e. The summed E-state index contributed by atoms with van der Waals surface area (Å²) in [4.78, 5) is 15.4. The number of amides is 1. The van der Waals surface area contributed by atoms with Crippen molar-refractivity contribution in [3.05, 3.63) is 28.5 Å². The van der Waals surface area contributed by atoms with Crippen LogP contribution in [0.2, 0.25) is 0 Å². The molecule has 1 rings (SSSR count). The van der Waals surface area contributed by atoms with Gasteiger partial charge in [-0.05, 0) is 35.0 Å². The Bertz CT molecular complexity index is 365. The molecule has 0 radical (unpaired) electrons. The second-order valence-electron chi connectivity index (χ2n) is 3.70. The van der Waals surface area contributed by atoms with Gasteiger partial charge in [-0.2, -0.15) is 0 Å². The van der Waals surface area contributed by atoms with Crippen LogP contribution in [0.3, 0.4) is 0 Å². The molecule has 3 N–H and O–H groups in total. The van der Waals surface area contributed by atoms with E-state index in [-0.39, 0.29) is 18.1 Å². The summed E-state index contributed by atoms with van der Waals surface area (Å²) >= 11 is 3.21. The van der Waals surface area contributed by atoms with E-state index in [1.54, 1.807) is 12.1 Å². The van der Waals surface area contributed by atoms with Crippen molar-refractivity contribution in [2.45, 2.75) is 12.5 Å². The van der Waals surface area contributed by atoms with Gasteiger partial charge in [-0.25, -0.2) is 4.98 Å². The molecule has 0 aliphatic heterocycles. The van der Waals surface area contributed by atoms with Crippen molar-refractivity contribution in [3.8, 4) is 0 Å². The summed E-state index contributed by atoms with van der Waals surface area (Å²) in [5.74, 6) is -0.388. The number of halogens is 1. The highest BCUT2D eigenvalue weighted by atomic mass is 79.9. The maximum absolute atomic E-state index is 11.5. The zero-order valence-corrected chi connectivity index (χ0v) is 10.4. The Morgan fingerprint density at radius 2 is 2.31 bits per heavy atom. The number of carbonyl (C=O) groups is 1. The predicted molar refractivity (Wildman–Crippen MR) is 62.0 cm³/mol. The van der Waals surface area contributed by atoms with Gasteiger partial charge in [0.1, 0.15) is 11.3 Å². The predicted octanol–water partition coefficient (Wildman–Crippen LogP) is 0.317. The summed E-state index contributed by atoms with van der Waals surface area (Å²) in [5.41, 5.74) is -1.05. The summed E-state index contributed by atoms with van der Waals surface area (Å²) in [7, 11) is 0. The molecule has 1 aromatic rings. The summed E-state index contributed by atoms with van der Waals surface area (Å²) in [6, 6.07) is 3.26. The highest BCUT2D eigenvalue weighted by Gasteiger charge is 2.20. The summed E-state index contributed by atoms with van der Waals surface area (Å²) < 4.78 is 0.784. The van der Waals surface area contributed by atoms with E-state index in [0.29, 0.717) is 0 Å². The molecule has 5 nitrogen and oxygen atoms in total. The first-order valence-electron chi connectivity index (χ1n) is 4.67. The highest BCUT2D eigenvalue weighted by Crippen LogP contribution is 2.07. The number of aliphatic hydroxyl groups excluding tert-OH is 1. The van der Waals surface area contributed by atoms with E-state index in [9.17, 15) is 9.90 Å². The molecule has 6 heteroatoms. The quantitative estimate of drug-likeness (QED) is 0.745. The van der Waals surface area contributed by atoms with Crippen LogP contribution < -0.4 is 5.32 Å². The fraction of sp³-hybridized carbons (Fsp3) is 0.400. The highest BCUT2D eigenvalue weighted by molar-refractivity contribution is 9.10. The molecule has 0 aliphatic rings. The first-order valence-corrected chi connectivity index (χ1v) is 5.47. The average Bonchev–Trinajstić information content (AvgIpc) is 2.27. The first kappa shape index (κ1) is 13.1. The molecular weight excluding hydrogens is 276 g/mol. The third-order valence-electron chi connectivity index (χ3n) is 1.93. The maximum atomic E-state index is 11.5. The minimum atomic E-state index is -1.31. The molecule has 1 heterocycles. The molecule has 1 unspecified atom stereocenters. The van der Waals surface area contributed by atoms with E-state index in [1.165, 1.54) is 13.1 Å². The van der Waals surface area contributed by atoms with Crippen LogP contribution >= 0.6 is 15.9 Å². The molecule has 0 bridgehead atoms. The first-order chi connectivity index (χ1) is 7.44. The number of pyridine rings is 1. The summed E-state index contributed by atoms with van der Waals surface area (Å²) in [6.07, 6.45) is 1.51. The van der Waals surface area contributed by atoms with Gasteiger partial charge in [0.05, 0.1) is 6.61 Å². The maximum Gasteiger partial charge on any atom is 0.269 e. The smallest absolute Gasteiger partial charge is 0.269 e. The number of nitrogens with one attached hydrogen (secondary N) is 1. The number of aromatic nitrogens is 1. The van der Waals surface area contributed by atoms with Crippen LogP contribution in [0.15, 0.2) is 22.8 Å². The topological polar surface area (TPSA) is 82.5 Å². The number of aliphatic hydroxyl groups is 2. The fourth-order valence-electron chi connectivity index (χ4n) is 0.927. The molecule has 0 saturated heterocycles. The van der Waals surface area contributed by atoms with Crippen LogP contribution in [0.5, 0.6) is 0 Å². The molecule has 0 fully saturated rings. The third kappa shape index (κ3) is 3.88. The van der Waals surface area contributed by atoms with Crippen molar-refractivity contribution in [3.63, 3.8) is 0 Å². The van der Waals surface area contributed by atoms with E-state index in [0.717, 1.165) is 4.47 Å². The standard InChI is InChI=1S/C10H13BrN2O3/c1-10(16,6-14)5-13-9(15)8-3-2-7(11)4-12-8/h2-4,14,16H,5-6H2,1H3,(H,13,15). The van der Waals surface area contributed by atoms with Gasteiger partial charge >= 0.3 is 0 Å². The van der Waals surface area contributed by atoms with Crippen molar-refractivity contribution in [2.24, 2.45) is 0 Å². The van der Waals surface area contributed by atoms with E-state index in [2.05, 4.69) is 26.2 Å². The Hall–Kier alpha value is -0.980. The van der Waals surface area contributed by atoms with Gasteiger partial charge in [0, 0.05) is 17.2 Å². The Morgan fingerprint density at radius 1 is 1.62 bits per heavy atom. The zero-order chi connectivity index (χ0) is 12.2. The molecule has 16 heavy (non-hydrogen) atoms. The van der Waals surface area contributed by atoms with Crippen LogP contribution in [0.25, 0.3) is 0 Å². The van der Waals surface area contributed by atoms with Crippen LogP contribution in [0.1, 0.15) is 17.4 Å². The van der Waals surface area contributed by atoms with E-state index in [1.807, 2.05) is 0 Å². The van der Waals surface area contributed by atoms with Crippen molar-refractivity contribution in [2.75, 3.05) is 13.2 Å². The van der Waals surface area contributed by atoms with Gasteiger partial charge < -0.3 is 15.5 Å². The van der Waals surface area contributed by atoms with Crippen molar-refractivity contribution in [1.82, 2.24) is 10.3 Å². The number of nitrogens with zero attached hydrogens (tertiary/aromatic N) is 1. The van der Waals surface area contributed by atoms with E-state index in [4.69, 9.17) is 5.11 Å². The van der Waals surface area contributed by atoms with Crippen LogP contribution in [0.4, 0.5) is 0 Å². The van der Waals surface area contributed by atoms with E-state index >= 15 is 0 Å². The molecule has 1 atom stereocenters. The lowest BCUT2D eigenvalue weighted by Gasteiger charge is -2.20.